The number of esters is 2. The second-order valence-electron chi connectivity index (χ2n) is 8.21. The largest absolute Gasteiger partial charge is 0.464 e. The van der Waals surface area contributed by atoms with E-state index < -0.39 is 30.1 Å². The highest BCUT2D eigenvalue weighted by Gasteiger charge is 2.40. The van der Waals surface area contributed by atoms with Crippen molar-refractivity contribution in [1.82, 2.24) is 5.32 Å². The van der Waals surface area contributed by atoms with E-state index in [0.717, 1.165) is 24.0 Å². The number of carbonyl (C=O) groups excluding carboxylic acids is 3. The first kappa shape index (κ1) is 24.5. The fourth-order valence-electron chi connectivity index (χ4n) is 4.15. The maximum absolute atomic E-state index is 13.5. The topological polar surface area (TPSA) is 84.9 Å². The molecule has 33 heavy (non-hydrogen) atoms. The number of rotatable bonds is 10. The number of para-hydroxylation sites is 1. The summed E-state index contributed by atoms with van der Waals surface area (Å²) in [5.74, 6) is -1.11. The van der Waals surface area contributed by atoms with Crippen molar-refractivity contribution in [3.05, 3.63) is 66.8 Å². The molecule has 1 amide bonds. The lowest BCUT2D eigenvalue weighted by Gasteiger charge is -2.26. The summed E-state index contributed by atoms with van der Waals surface area (Å²) in [6.45, 7) is 9.63. The van der Waals surface area contributed by atoms with E-state index in [1.165, 1.54) is 4.90 Å². The number of unbranched alkanes of at least 4 members (excludes halogenated alkanes) is 1. The average molecular weight is 453 g/mol. The number of hydrogen-bond acceptors (Lipinski definition) is 6. The number of benzene rings is 1. The van der Waals surface area contributed by atoms with E-state index in [1.807, 2.05) is 31.2 Å². The number of ether oxygens (including phenoxy) is 2. The van der Waals surface area contributed by atoms with E-state index in [4.69, 9.17) is 9.47 Å². The van der Waals surface area contributed by atoms with Gasteiger partial charge in [-0.3, -0.25) is 24.6 Å². The Hall–Kier alpha value is -3.19. The molecule has 0 aliphatic carbocycles. The summed E-state index contributed by atoms with van der Waals surface area (Å²) in [5.41, 5.74) is 2.44. The van der Waals surface area contributed by atoms with Gasteiger partial charge in [-0.2, -0.15) is 0 Å². The second-order valence-corrected chi connectivity index (χ2v) is 8.21. The lowest BCUT2D eigenvalue weighted by molar-refractivity contribution is -0.144. The lowest BCUT2D eigenvalue weighted by Crippen LogP contribution is -2.51. The van der Waals surface area contributed by atoms with Crippen LogP contribution in [0.1, 0.15) is 38.2 Å². The minimum atomic E-state index is -0.632. The first-order valence-electron chi connectivity index (χ1n) is 11.4. The summed E-state index contributed by atoms with van der Waals surface area (Å²) in [6, 6.07) is 6.29. The van der Waals surface area contributed by atoms with Crippen molar-refractivity contribution < 1.29 is 23.9 Å². The molecule has 0 aromatic heterocycles. The van der Waals surface area contributed by atoms with Crippen molar-refractivity contribution >= 4 is 23.5 Å². The van der Waals surface area contributed by atoms with Gasteiger partial charge in [0.2, 0.25) is 5.91 Å². The molecule has 0 bridgehead atoms. The van der Waals surface area contributed by atoms with Crippen LogP contribution in [0.5, 0.6) is 0 Å². The second kappa shape index (κ2) is 11.6. The van der Waals surface area contributed by atoms with E-state index >= 15 is 0 Å². The zero-order chi connectivity index (χ0) is 23.8. The van der Waals surface area contributed by atoms with Gasteiger partial charge < -0.3 is 9.47 Å². The minimum absolute atomic E-state index is 0.168. The van der Waals surface area contributed by atoms with Gasteiger partial charge in [0.15, 0.2) is 0 Å². The molecule has 7 heteroatoms. The summed E-state index contributed by atoms with van der Waals surface area (Å²) in [5, 5.41) is 3.19. The molecule has 1 aromatic rings. The van der Waals surface area contributed by atoms with Gasteiger partial charge in [0.1, 0.15) is 18.7 Å². The lowest BCUT2D eigenvalue weighted by atomic mass is 10.0. The molecule has 176 valence electrons. The smallest absolute Gasteiger partial charge is 0.326 e. The number of carbonyl (C=O) groups is 3. The number of hydrogen-bond donors (Lipinski definition) is 1. The van der Waals surface area contributed by atoms with Gasteiger partial charge in [-0.05, 0) is 36.5 Å². The van der Waals surface area contributed by atoms with Crippen molar-refractivity contribution in [2.24, 2.45) is 0 Å². The highest BCUT2D eigenvalue weighted by molar-refractivity contribution is 6.02. The van der Waals surface area contributed by atoms with Gasteiger partial charge in [-0.1, -0.05) is 62.9 Å². The SMILES string of the molecule is C=C/C=C(\C=C)C1CC(N[C@H]2CCc3ccccc3N(CC(=O)OCCCC)C2=O)C(=O)O1. The van der Waals surface area contributed by atoms with Gasteiger partial charge in [0.25, 0.3) is 0 Å². The van der Waals surface area contributed by atoms with Gasteiger partial charge in [0.05, 0.1) is 12.6 Å². The molecule has 2 aliphatic heterocycles. The minimum Gasteiger partial charge on any atom is -0.464 e. The van der Waals surface area contributed by atoms with Crippen molar-refractivity contribution in [2.45, 2.75) is 57.2 Å². The fourth-order valence-corrected chi connectivity index (χ4v) is 4.15. The Morgan fingerprint density at radius 1 is 1.27 bits per heavy atom. The predicted molar refractivity (Wildman–Crippen MR) is 127 cm³/mol. The van der Waals surface area contributed by atoms with Crippen LogP contribution in [0, 0.1) is 0 Å². The Morgan fingerprint density at radius 2 is 2.06 bits per heavy atom. The number of fused-ring (bicyclic) bond motifs is 1. The molecule has 0 radical (unpaired) electrons. The van der Waals surface area contributed by atoms with E-state index in [-0.39, 0.29) is 12.5 Å². The Bertz CT molecular complexity index is 938. The van der Waals surface area contributed by atoms with Crippen LogP contribution >= 0.6 is 0 Å². The number of amides is 1. The maximum atomic E-state index is 13.5. The van der Waals surface area contributed by atoms with E-state index in [9.17, 15) is 14.4 Å². The van der Waals surface area contributed by atoms with Crippen LogP contribution in [0.2, 0.25) is 0 Å². The molecule has 0 saturated carbocycles. The number of aryl methyl sites for hydroxylation is 1. The summed E-state index contributed by atoms with van der Waals surface area (Å²) < 4.78 is 10.8. The van der Waals surface area contributed by atoms with Gasteiger partial charge in [0, 0.05) is 12.1 Å². The van der Waals surface area contributed by atoms with Crippen molar-refractivity contribution in [1.29, 1.82) is 0 Å². The molecule has 1 saturated heterocycles. The summed E-state index contributed by atoms with van der Waals surface area (Å²) >= 11 is 0. The Balaban J connectivity index is 1.76. The molecule has 0 spiro atoms. The van der Waals surface area contributed by atoms with Crippen LogP contribution in [0.4, 0.5) is 5.69 Å². The molecule has 3 rings (SSSR count). The molecular formula is C26H32N2O5. The monoisotopic (exact) mass is 452 g/mol. The normalized spacial score (nSPS) is 22.9. The predicted octanol–water partition coefficient (Wildman–Crippen LogP) is 3.25. The van der Waals surface area contributed by atoms with Crippen molar-refractivity contribution in [2.75, 3.05) is 18.1 Å². The fraction of sp³-hybridized carbons (Fsp3) is 0.423. The van der Waals surface area contributed by atoms with Crippen LogP contribution in [0.3, 0.4) is 0 Å². The van der Waals surface area contributed by atoms with Gasteiger partial charge in [-0.15, -0.1) is 0 Å². The molecule has 7 nitrogen and oxygen atoms in total. The van der Waals surface area contributed by atoms with E-state index in [0.29, 0.717) is 31.6 Å². The highest BCUT2D eigenvalue weighted by Crippen LogP contribution is 2.29. The zero-order valence-corrected chi connectivity index (χ0v) is 19.1. The summed E-state index contributed by atoms with van der Waals surface area (Å²) in [7, 11) is 0. The van der Waals surface area contributed by atoms with Gasteiger partial charge in [-0.25, -0.2) is 0 Å². The highest BCUT2D eigenvalue weighted by atomic mass is 16.6. The number of cyclic esters (lactones) is 1. The Kier molecular flexibility index (Phi) is 8.60. The molecule has 1 fully saturated rings. The summed E-state index contributed by atoms with van der Waals surface area (Å²) in [4.78, 5) is 39.9. The molecule has 2 unspecified atom stereocenters. The summed E-state index contributed by atoms with van der Waals surface area (Å²) in [6.07, 6.45) is 7.80. The van der Waals surface area contributed by atoms with Crippen LogP contribution < -0.4 is 10.2 Å². The standard InChI is InChI=1S/C26H32N2O5/c1-4-7-15-32-24(29)17-28-22-12-9-8-11-19(22)13-14-20(25(28)30)27-21-16-23(33-26(21)31)18(6-3)10-5-2/h5-6,8-12,20-21,23,27H,2-4,7,13-17H2,1H3/b18-10+/t20-,21?,23?/m0/s1. The van der Waals surface area contributed by atoms with Crippen LogP contribution in [-0.2, 0) is 30.3 Å². The number of nitrogens with zero attached hydrogens (tertiary/aromatic N) is 1. The third-order valence-corrected chi connectivity index (χ3v) is 5.91. The molecular weight excluding hydrogens is 420 g/mol. The number of anilines is 1. The zero-order valence-electron chi connectivity index (χ0n) is 19.1. The van der Waals surface area contributed by atoms with E-state index in [2.05, 4.69) is 18.5 Å². The molecule has 3 atom stereocenters. The Labute approximate surface area is 195 Å². The quantitative estimate of drug-likeness (QED) is 0.333. The number of allylic oxidation sites excluding steroid dienone is 2. The molecule has 2 aliphatic rings. The van der Waals surface area contributed by atoms with Crippen LogP contribution in [-0.4, -0.2) is 49.2 Å². The van der Waals surface area contributed by atoms with Crippen LogP contribution in [0.25, 0.3) is 0 Å². The third kappa shape index (κ3) is 5.99. The average Bonchev–Trinajstić information content (AvgIpc) is 3.12. The molecule has 1 aromatic carbocycles. The van der Waals surface area contributed by atoms with Crippen molar-refractivity contribution in [3.8, 4) is 0 Å². The Morgan fingerprint density at radius 3 is 2.79 bits per heavy atom. The number of nitrogens with one attached hydrogen (secondary N) is 1. The first-order chi connectivity index (χ1) is 16.0. The maximum Gasteiger partial charge on any atom is 0.326 e. The molecule has 2 heterocycles. The van der Waals surface area contributed by atoms with Crippen LogP contribution in [0.15, 0.2) is 61.2 Å². The first-order valence-corrected chi connectivity index (χ1v) is 11.4. The van der Waals surface area contributed by atoms with Gasteiger partial charge >= 0.3 is 11.9 Å². The molecule has 1 N–H and O–H groups in total. The third-order valence-electron chi connectivity index (χ3n) is 5.91. The van der Waals surface area contributed by atoms with E-state index in [1.54, 1.807) is 18.2 Å². The van der Waals surface area contributed by atoms with Crippen molar-refractivity contribution in [3.63, 3.8) is 0 Å².